The van der Waals surface area contributed by atoms with Crippen molar-refractivity contribution in [3.63, 3.8) is 0 Å². The molecule has 0 bridgehead atoms. The van der Waals surface area contributed by atoms with Gasteiger partial charge in [-0.05, 0) is 74.8 Å². The summed E-state index contributed by atoms with van der Waals surface area (Å²) in [7, 11) is 1.55. The number of aromatic nitrogens is 2. The zero-order valence-corrected chi connectivity index (χ0v) is 26.0. The number of rotatable bonds is 12. The number of aliphatic hydroxyl groups excluding tert-OH is 1. The Bertz CT molecular complexity index is 1690. The number of carbonyl (C=O) groups excluding carboxylic acids is 2. The summed E-state index contributed by atoms with van der Waals surface area (Å²) in [6.07, 6.45) is 2.54. The molecule has 0 radical (unpaired) electrons. The van der Waals surface area contributed by atoms with Crippen molar-refractivity contribution in [3.8, 4) is 11.5 Å². The van der Waals surface area contributed by atoms with Crippen LogP contribution in [0.4, 0.5) is 0 Å². The van der Waals surface area contributed by atoms with Crippen LogP contribution in [-0.4, -0.2) is 69.3 Å². The number of pyridine rings is 1. The molecule has 5 rings (SSSR count). The van der Waals surface area contributed by atoms with Crippen LogP contribution in [0.15, 0.2) is 72.4 Å². The quantitative estimate of drug-likeness (QED) is 0.127. The van der Waals surface area contributed by atoms with Gasteiger partial charge in [0.1, 0.15) is 17.9 Å². The Morgan fingerprint density at radius 3 is 2.43 bits per heavy atom. The van der Waals surface area contributed by atoms with Crippen LogP contribution >= 0.6 is 0 Å². The maximum absolute atomic E-state index is 13.7. The molecular weight excluding hydrogens is 556 g/mol. The van der Waals surface area contributed by atoms with Gasteiger partial charge in [0.25, 0.3) is 11.7 Å². The Hall–Kier alpha value is -4.63. The summed E-state index contributed by atoms with van der Waals surface area (Å²) < 4.78 is 13.6. The van der Waals surface area contributed by atoms with Gasteiger partial charge < -0.3 is 28.8 Å². The number of hydrogen-bond donors (Lipinski definition) is 1. The molecule has 9 nitrogen and oxygen atoms in total. The molecule has 1 aliphatic heterocycles. The van der Waals surface area contributed by atoms with E-state index in [0.717, 1.165) is 30.8 Å². The summed E-state index contributed by atoms with van der Waals surface area (Å²) in [5, 5.41) is 11.8. The molecule has 4 aromatic rings. The Labute approximate surface area is 258 Å². The van der Waals surface area contributed by atoms with Crippen molar-refractivity contribution in [2.24, 2.45) is 0 Å². The summed E-state index contributed by atoms with van der Waals surface area (Å²) in [4.78, 5) is 35.8. The van der Waals surface area contributed by atoms with E-state index in [1.807, 2.05) is 73.0 Å². The number of ether oxygens (including phenoxy) is 2. The van der Waals surface area contributed by atoms with Gasteiger partial charge in [0.05, 0.1) is 24.4 Å². The lowest BCUT2D eigenvalue weighted by Crippen LogP contribution is -2.33. The largest absolute Gasteiger partial charge is 0.505 e. The van der Waals surface area contributed by atoms with Crippen molar-refractivity contribution in [1.82, 2.24) is 19.2 Å². The number of aryl methyl sites for hydroxylation is 2. The smallest absolute Gasteiger partial charge is 0.295 e. The number of hydrogen-bond acceptors (Lipinski definition) is 7. The summed E-state index contributed by atoms with van der Waals surface area (Å²) in [5.74, 6) is -0.663. The summed E-state index contributed by atoms with van der Waals surface area (Å²) in [6.45, 7) is 11.3. The fourth-order valence-electron chi connectivity index (χ4n) is 5.84. The molecule has 2 aromatic carbocycles. The fourth-order valence-corrected chi connectivity index (χ4v) is 5.84. The second-order valence-electron chi connectivity index (χ2n) is 11.0. The van der Waals surface area contributed by atoms with Gasteiger partial charge in [-0.1, -0.05) is 56.3 Å². The van der Waals surface area contributed by atoms with Crippen LogP contribution in [0.25, 0.3) is 11.4 Å². The standard InChI is InChI=1S/C35H40N4O5/c1-6-37(7-2)18-12-20-39-31(26-16-17-27(28(21-26)43-5)44-22-25-14-9-8-10-15-25)29(33(41)35(39)42)32(40)30-24(4)38-19-11-13-23(3)34(38)36-30/h8-11,13-17,19,21,31,40H,6-7,12,18,20,22H2,1-5H3/b32-29+. The summed E-state index contributed by atoms with van der Waals surface area (Å²) in [5.41, 5.74) is 4.22. The van der Waals surface area contributed by atoms with Crippen molar-refractivity contribution in [1.29, 1.82) is 0 Å². The van der Waals surface area contributed by atoms with Gasteiger partial charge in [0, 0.05) is 12.7 Å². The monoisotopic (exact) mass is 596 g/mol. The fraction of sp³-hybridized carbons (Fsp3) is 0.343. The number of ketones is 1. The van der Waals surface area contributed by atoms with Gasteiger partial charge in [0.2, 0.25) is 0 Å². The van der Waals surface area contributed by atoms with Crippen molar-refractivity contribution in [2.75, 3.05) is 33.3 Å². The first kappa shape index (κ1) is 30.8. The third-order valence-corrected chi connectivity index (χ3v) is 8.36. The van der Waals surface area contributed by atoms with Gasteiger partial charge in [0.15, 0.2) is 17.3 Å². The first-order valence-electron chi connectivity index (χ1n) is 15.1. The molecule has 0 aliphatic carbocycles. The van der Waals surface area contributed by atoms with Crippen LogP contribution < -0.4 is 9.47 Å². The number of carbonyl (C=O) groups is 2. The highest BCUT2D eigenvalue weighted by Gasteiger charge is 2.46. The van der Waals surface area contributed by atoms with E-state index in [1.54, 1.807) is 24.1 Å². The predicted octanol–water partition coefficient (Wildman–Crippen LogP) is 5.69. The van der Waals surface area contributed by atoms with Gasteiger partial charge in [-0.25, -0.2) is 4.98 Å². The van der Waals surface area contributed by atoms with E-state index in [-0.39, 0.29) is 17.0 Å². The lowest BCUT2D eigenvalue weighted by molar-refractivity contribution is -0.140. The second-order valence-corrected chi connectivity index (χ2v) is 11.0. The third kappa shape index (κ3) is 5.92. The molecule has 1 N–H and O–H groups in total. The SMILES string of the molecule is CCN(CC)CCCN1C(=O)C(=O)/C(=C(/O)c2nc3c(C)cccn3c2C)C1c1ccc(OCc2ccccc2)c(OC)c1. The minimum absolute atomic E-state index is 0.0157. The Balaban J connectivity index is 1.57. The molecule has 1 saturated heterocycles. The van der Waals surface area contributed by atoms with Gasteiger partial charge in [-0.15, -0.1) is 0 Å². The van der Waals surface area contributed by atoms with Crippen molar-refractivity contribution >= 4 is 23.1 Å². The predicted molar refractivity (Wildman–Crippen MR) is 170 cm³/mol. The number of likely N-dealkylation sites (tertiary alicyclic amines) is 1. The van der Waals surface area contributed by atoms with Crippen molar-refractivity contribution in [2.45, 2.75) is 46.8 Å². The first-order valence-corrected chi connectivity index (χ1v) is 15.1. The normalized spacial score (nSPS) is 16.3. The molecule has 44 heavy (non-hydrogen) atoms. The summed E-state index contributed by atoms with van der Waals surface area (Å²) >= 11 is 0. The average Bonchev–Trinajstić information content (AvgIpc) is 3.52. The van der Waals surface area contributed by atoms with E-state index < -0.39 is 17.7 Å². The van der Waals surface area contributed by atoms with Crippen LogP contribution in [-0.2, 0) is 16.2 Å². The molecule has 1 unspecified atom stereocenters. The van der Waals surface area contributed by atoms with E-state index in [4.69, 9.17) is 14.5 Å². The van der Waals surface area contributed by atoms with Crippen LogP contribution in [0.5, 0.6) is 11.5 Å². The minimum atomic E-state index is -0.825. The van der Waals surface area contributed by atoms with Crippen molar-refractivity contribution in [3.05, 3.63) is 101 Å². The molecule has 3 heterocycles. The lowest BCUT2D eigenvalue weighted by atomic mass is 9.96. The van der Waals surface area contributed by atoms with E-state index in [0.29, 0.717) is 48.0 Å². The van der Waals surface area contributed by atoms with Crippen LogP contribution in [0.2, 0.25) is 0 Å². The molecule has 1 aliphatic rings. The second kappa shape index (κ2) is 13.3. The molecule has 9 heteroatoms. The third-order valence-electron chi connectivity index (χ3n) is 8.36. The number of Topliss-reactive ketones (excluding diaryl/α,β-unsaturated/α-hetero) is 1. The Kier molecular flexibility index (Phi) is 9.35. The Morgan fingerprint density at radius 2 is 1.75 bits per heavy atom. The van der Waals surface area contributed by atoms with E-state index >= 15 is 0 Å². The first-order chi connectivity index (χ1) is 21.3. The van der Waals surface area contributed by atoms with Crippen LogP contribution in [0.1, 0.15) is 54.4 Å². The summed E-state index contributed by atoms with van der Waals surface area (Å²) in [6, 6.07) is 18.2. The van der Waals surface area contributed by atoms with Gasteiger partial charge >= 0.3 is 0 Å². The molecule has 1 atom stereocenters. The average molecular weight is 597 g/mol. The molecule has 0 spiro atoms. The lowest BCUT2D eigenvalue weighted by Gasteiger charge is -2.27. The zero-order valence-electron chi connectivity index (χ0n) is 26.0. The molecular formula is C35H40N4O5. The number of nitrogens with zero attached hydrogens (tertiary/aromatic N) is 4. The van der Waals surface area contributed by atoms with Crippen LogP contribution in [0, 0.1) is 13.8 Å². The van der Waals surface area contributed by atoms with E-state index in [2.05, 4.69) is 18.7 Å². The number of fused-ring (bicyclic) bond motifs is 1. The highest BCUT2D eigenvalue weighted by Crippen LogP contribution is 2.42. The topological polar surface area (TPSA) is 96.6 Å². The Morgan fingerprint density at radius 1 is 1.00 bits per heavy atom. The van der Waals surface area contributed by atoms with Crippen molar-refractivity contribution < 1.29 is 24.2 Å². The highest BCUT2D eigenvalue weighted by atomic mass is 16.5. The molecule has 1 amide bonds. The number of methoxy groups -OCH3 is 1. The molecule has 1 fully saturated rings. The van der Waals surface area contributed by atoms with E-state index in [1.165, 1.54) is 0 Å². The van der Waals surface area contributed by atoms with E-state index in [9.17, 15) is 14.7 Å². The highest BCUT2D eigenvalue weighted by molar-refractivity contribution is 6.46. The molecule has 230 valence electrons. The number of imidazole rings is 1. The molecule has 2 aromatic heterocycles. The number of aliphatic hydroxyl groups is 1. The number of benzene rings is 2. The molecule has 0 saturated carbocycles. The number of amides is 1. The maximum atomic E-state index is 13.7. The van der Waals surface area contributed by atoms with Gasteiger partial charge in [-0.2, -0.15) is 0 Å². The van der Waals surface area contributed by atoms with Gasteiger partial charge in [-0.3, -0.25) is 9.59 Å². The van der Waals surface area contributed by atoms with Crippen LogP contribution in [0.3, 0.4) is 0 Å². The minimum Gasteiger partial charge on any atom is -0.505 e. The zero-order chi connectivity index (χ0) is 31.4. The maximum Gasteiger partial charge on any atom is 0.295 e.